The highest BCUT2D eigenvalue weighted by Gasteiger charge is 2.16. The summed E-state index contributed by atoms with van der Waals surface area (Å²) >= 11 is 0. The Balaban J connectivity index is 1.55. The summed E-state index contributed by atoms with van der Waals surface area (Å²) in [6, 6.07) is 14.8. The number of nitrogens with one attached hydrogen (secondary N) is 1. The molecule has 1 aliphatic rings. The summed E-state index contributed by atoms with van der Waals surface area (Å²) in [6.07, 6.45) is 4.44. The largest absolute Gasteiger partial charge is 0.481 e. The van der Waals surface area contributed by atoms with Crippen molar-refractivity contribution in [2.24, 2.45) is 0 Å². The van der Waals surface area contributed by atoms with Gasteiger partial charge in [0.1, 0.15) is 5.75 Å². The molecule has 1 atom stereocenters. The van der Waals surface area contributed by atoms with Crippen LogP contribution in [0.25, 0.3) is 0 Å². The monoisotopic (exact) mass is 380 g/mol. The Morgan fingerprint density at radius 3 is 2.11 bits per heavy atom. The van der Waals surface area contributed by atoms with Crippen LogP contribution in [0.2, 0.25) is 0 Å². The van der Waals surface area contributed by atoms with Crippen molar-refractivity contribution in [2.75, 3.05) is 23.3 Å². The number of carbonyl (C=O) groups is 2. The van der Waals surface area contributed by atoms with Crippen molar-refractivity contribution in [3.8, 4) is 5.75 Å². The molecule has 1 aliphatic heterocycles. The van der Waals surface area contributed by atoms with E-state index in [1.165, 1.54) is 38.3 Å². The third-order valence-corrected chi connectivity index (χ3v) is 5.05. The Labute approximate surface area is 166 Å². The second kappa shape index (κ2) is 9.40. The number of ketones is 1. The lowest BCUT2D eigenvalue weighted by atomic mass is 10.1. The average Bonchev–Trinajstić information content (AvgIpc) is 2.98. The first-order valence-electron chi connectivity index (χ1n) is 9.96. The summed E-state index contributed by atoms with van der Waals surface area (Å²) in [5, 5.41) is 2.90. The zero-order chi connectivity index (χ0) is 19.9. The minimum absolute atomic E-state index is 0.000893. The highest BCUT2D eigenvalue weighted by molar-refractivity contribution is 5.95. The van der Waals surface area contributed by atoms with Crippen LogP contribution in [-0.4, -0.2) is 30.9 Å². The summed E-state index contributed by atoms with van der Waals surface area (Å²) in [6.45, 7) is 5.42. The normalized spacial score (nSPS) is 15.4. The van der Waals surface area contributed by atoms with E-state index in [1.807, 2.05) is 12.1 Å². The standard InChI is InChI=1S/C23H28N2O3/c1-17(26)19-7-13-22(14-8-19)28-18(2)23(27)24-20-9-11-21(12-10-20)25-15-5-3-4-6-16-25/h7-14,18H,3-6,15-16H2,1-2H3,(H,24,27). The zero-order valence-electron chi connectivity index (χ0n) is 16.6. The number of hydrogen-bond donors (Lipinski definition) is 1. The van der Waals surface area contributed by atoms with Crippen molar-refractivity contribution < 1.29 is 14.3 Å². The lowest BCUT2D eigenvalue weighted by molar-refractivity contribution is -0.122. The molecule has 2 aromatic rings. The minimum atomic E-state index is -0.645. The van der Waals surface area contributed by atoms with E-state index in [0.29, 0.717) is 11.3 Å². The van der Waals surface area contributed by atoms with E-state index in [-0.39, 0.29) is 11.7 Å². The molecule has 2 aromatic carbocycles. The first-order valence-corrected chi connectivity index (χ1v) is 9.96. The lowest BCUT2D eigenvalue weighted by Gasteiger charge is -2.23. The molecule has 0 radical (unpaired) electrons. The van der Waals surface area contributed by atoms with E-state index in [0.717, 1.165) is 18.8 Å². The molecule has 1 heterocycles. The van der Waals surface area contributed by atoms with Crippen LogP contribution in [0.5, 0.6) is 5.75 Å². The topological polar surface area (TPSA) is 58.6 Å². The van der Waals surface area contributed by atoms with Crippen LogP contribution >= 0.6 is 0 Å². The number of carbonyl (C=O) groups excluding carboxylic acids is 2. The maximum absolute atomic E-state index is 12.4. The molecule has 0 bridgehead atoms. The summed E-state index contributed by atoms with van der Waals surface area (Å²) in [4.78, 5) is 26.2. The smallest absolute Gasteiger partial charge is 0.265 e. The van der Waals surface area contributed by atoms with Crippen LogP contribution < -0.4 is 15.0 Å². The van der Waals surface area contributed by atoms with Crippen LogP contribution in [0.1, 0.15) is 49.9 Å². The van der Waals surface area contributed by atoms with E-state index >= 15 is 0 Å². The average molecular weight is 380 g/mol. The van der Waals surface area contributed by atoms with Crippen LogP contribution in [0.3, 0.4) is 0 Å². The van der Waals surface area contributed by atoms with Crippen LogP contribution in [0.4, 0.5) is 11.4 Å². The number of hydrogen-bond acceptors (Lipinski definition) is 4. The van der Waals surface area contributed by atoms with E-state index in [2.05, 4.69) is 22.3 Å². The fraction of sp³-hybridized carbons (Fsp3) is 0.391. The van der Waals surface area contributed by atoms with Gasteiger partial charge in [0.05, 0.1) is 0 Å². The highest BCUT2D eigenvalue weighted by Crippen LogP contribution is 2.22. The van der Waals surface area contributed by atoms with E-state index in [1.54, 1.807) is 31.2 Å². The minimum Gasteiger partial charge on any atom is -0.481 e. The van der Waals surface area contributed by atoms with Gasteiger partial charge in [0, 0.05) is 30.0 Å². The van der Waals surface area contributed by atoms with Crippen molar-refractivity contribution in [3.63, 3.8) is 0 Å². The first kappa shape index (κ1) is 19.9. The molecule has 0 saturated carbocycles. The number of Topliss-reactive ketones (excluding diaryl/α,β-unsaturated/α-hetero) is 1. The first-order chi connectivity index (χ1) is 13.5. The fourth-order valence-electron chi connectivity index (χ4n) is 3.35. The Bertz CT molecular complexity index is 792. The van der Waals surface area contributed by atoms with Crippen LogP contribution in [-0.2, 0) is 4.79 Å². The second-order valence-corrected chi connectivity index (χ2v) is 7.28. The molecule has 5 heteroatoms. The number of amides is 1. The maximum atomic E-state index is 12.4. The van der Waals surface area contributed by atoms with Gasteiger partial charge in [-0.3, -0.25) is 9.59 Å². The van der Waals surface area contributed by atoms with Gasteiger partial charge in [0.25, 0.3) is 5.91 Å². The molecular weight excluding hydrogens is 352 g/mol. The van der Waals surface area contributed by atoms with Crippen molar-refractivity contribution in [2.45, 2.75) is 45.6 Å². The summed E-state index contributed by atoms with van der Waals surface area (Å²) in [7, 11) is 0. The Hall–Kier alpha value is -2.82. The van der Waals surface area contributed by atoms with Crippen LogP contribution in [0.15, 0.2) is 48.5 Å². The molecule has 1 N–H and O–H groups in total. The molecule has 28 heavy (non-hydrogen) atoms. The Morgan fingerprint density at radius 1 is 0.929 bits per heavy atom. The predicted molar refractivity (Wildman–Crippen MR) is 112 cm³/mol. The second-order valence-electron chi connectivity index (χ2n) is 7.28. The van der Waals surface area contributed by atoms with Gasteiger partial charge >= 0.3 is 0 Å². The SMILES string of the molecule is CC(=O)c1ccc(OC(C)C(=O)Nc2ccc(N3CCCCCC3)cc2)cc1. The molecule has 0 aromatic heterocycles. The quantitative estimate of drug-likeness (QED) is 0.740. The number of rotatable bonds is 6. The van der Waals surface area contributed by atoms with Crippen LogP contribution in [0, 0.1) is 0 Å². The third-order valence-electron chi connectivity index (χ3n) is 5.05. The molecule has 0 spiro atoms. The fourth-order valence-corrected chi connectivity index (χ4v) is 3.35. The Morgan fingerprint density at radius 2 is 1.54 bits per heavy atom. The summed E-state index contributed by atoms with van der Waals surface area (Å²) in [5.74, 6) is 0.350. The molecule has 0 aliphatic carbocycles. The number of nitrogens with zero attached hydrogens (tertiary/aromatic N) is 1. The van der Waals surface area contributed by atoms with E-state index < -0.39 is 6.10 Å². The third kappa shape index (κ3) is 5.35. The van der Waals surface area contributed by atoms with Gasteiger partial charge in [-0.2, -0.15) is 0 Å². The number of ether oxygens (including phenoxy) is 1. The van der Waals surface area contributed by atoms with Crippen molar-refractivity contribution >= 4 is 23.1 Å². The molecule has 1 amide bonds. The predicted octanol–water partition coefficient (Wildman–Crippen LogP) is 4.68. The molecule has 5 nitrogen and oxygen atoms in total. The lowest BCUT2D eigenvalue weighted by Crippen LogP contribution is -2.30. The van der Waals surface area contributed by atoms with E-state index in [4.69, 9.17) is 4.74 Å². The van der Waals surface area contributed by atoms with Gasteiger partial charge in [-0.15, -0.1) is 0 Å². The highest BCUT2D eigenvalue weighted by atomic mass is 16.5. The van der Waals surface area contributed by atoms with Gasteiger partial charge in [-0.05, 0) is 75.2 Å². The van der Waals surface area contributed by atoms with Crippen molar-refractivity contribution in [1.82, 2.24) is 0 Å². The molecule has 1 saturated heterocycles. The van der Waals surface area contributed by atoms with Gasteiger partial charge in [-0.1, -0.05) is 12.8 Å². The Kier molecular flexibility index (Phi) is 6.69. The van der Waals surface area contributed by atoms with Crippen molar-refractivity contribution in [3.05, 3.63) is 54.1 Å². The summed E-state index contributed by atoms with van der Waals surface area (Å²) in [5.41, 5.74) is 2.58. The number of benzene rings is 2. The maximum Gasteiger partial charge on any atom is 0.265 e. The van der Waals surface area contributed by atoms with Gasteiger partial charge in [-0.25, -0.2) is 0 Å². The summed E-state index contributed by atoms with van der Waals surface area (Å²) < 4.78 is 5.68. The van der Waals surface area contributed by atoms with Crippen molar-refractivity contribution in [1.29, 1.82) is 0 Å². The molecule has 1 fully saturated rings. The molecule has 1 unspecified atom stereocenters. The number of anilines is 2. The molecule has 3 rings (SSSR count). The van der Waals surface area contributed by atoms with Gasteiger partial charge in [0.15, 0.2) is 11.9 Å². The molecule has 148 valence electrons. The van der Waals surface area contributed by atoms with E-state index in [9.17, 15) is 9.59 Å². The molecular formula is C23H28N2O3. The van der Waals surface area contributed by atoms with Gasteiger partial charge in [0.2, 0.25) is 0 Å². The zero-order valence-corrected chi connectivity index (χ0v) is 16.6. The van der Waals surface area contributed by atoms with Gasteiger partial charge < -0.3 is 15.0 Å².